The molecule has 0 aromatic carbocycles. The molecule has 2 aromatic heterocycles. The molecule has 0 aliphatic carbocycles. The molecule has 1 amide bonds. The lowest BCUT2D eigenvalue weighted by Crippen LogP contribution is -2.56. The number of imidazole rings is 1. The number of rotatable bonds is 6. The first-order chi connectivity index (χ1) is 14.8. The molecule has 2 aromatic rings. The number of hydrogen-bond donors (Lipinski definition) is 2. The highest BCUT2D eigenvalue weighted by molar-refractivity contribution is 9.10. The lowest BCUT2D eigenvalue weighted by molar-refractivity contribution is -0.00326. The van der Waals surface area contributed by atoms with E-state index in [0.29, 0.717) is 25.2 Å². The lowest BCUT2D eigenvalue weighted by atomic mass is 9.94. The Morgan fingerprint density at radius 2 is 2.06 bits per heavy atom. The van der Waals surface area contributed by atoms with Gasteiger partial charge in [0.1, 0.15) is 5.52 Å². The third-order valence-electron chi connectivity index (χ3n) is 6.96. The fourth-order valence-corrected chi connectivity index (χ4v) is 5.72. The van der Waals surface area contributed by atoms with Gasteiger partial charge in [-0.3, -0.25) is 0 Å². The van der Waals surface area contributed by atoms with E-state index >= 15 is 0 Å². The normalized spacial score (nSPS) is 21.2. The second kappa shape index (κ2) is 9.40. The predicted octanol–water partition coefficient (Wildman–Crippen LogP) is 4.79. The molecule has 1 fully saturated rings. The molecule has 0 saturated carbocycles. The van der Waals surface area contributed by atoms with Crippen molar-refractivity contribution in [1.29, 1.82) is 0 Å². The van der Waals surface area contributed by atoms with Crippen LogP contribution in [-0.2, 0) is 11.0 Å². The fraction of sp³-hybridized carbons (Fsp3) is 0.682. The van der Waals surface area contributed by atoms with Gasteiger partial charge in [0.2, 0.25) is 0 Å². The van der Waals surface area contributed by atoms with E-state index in [1.54, 1.807) is 12.5 Å². The SMILES string of the molecule is Cc1c(Br)cnc2c1ncn2CC(O)C[C@@H]1[C@@H](O[Si](C)(C)C(C)(C)C)CCCN1C(=O)O. The highest BCUT2D eigenvalue weighted by atomic mass is 79.9. The van der Waals surface area contributed by atoms with Crippen LogP contribution in [0, 0.1) is 6.92 Å². The summed E-state index contributed by atoms with van der Waals surface area (Å²) in [6.07, 6.45) is 3.36. The third kappa shape index (κ3) is 5.18. The first-order valence-corrected chi connectivity index (χ1v) is 14.8. The summed E-state index contributed by atoms with van der Waals surface area (Å²) in [5.41, 5.74) is 2.49. The first kappa shape index (κ1) is 25.1. The second-order valence-electron chi connectivity index (χ2n) is 10.3. The number of pyridine rings is 1. The second-order valence-corrected chi connectivity index (χ2v) is 15.9. The van der Waals surface area contributed by atoms with Gasteiger partial charge in [0.05, 0.1) is 31.1 Å². The van der Waals surface area contributed by atoms with Crippen LogP contribution in [0.2, 0.25) is 18.1 Å². The number of hydrogen-bond acceptors (Lipinski definition) is 5. The van der Waals surface area contributed by atoms with E-state index in [-0.39, 0.29) is 17.2 Å². The zero-order valence-corrected chi connectivity index (χ0v) is 22.4. The van der Waals surface area contributed by atoms with Crippen LogP contribution in [0.25, 0.3) is 11.2 Å². The van der Waals surface area contributed by atoms with Crippen LogP contribution in [0.15, 0.2) is 17.0 Å². The molecule has 1 aliphatic heterocycles. The summed E-state index contributed by atoms with van der Waals surface area (Å²) in [6.45, 7) is 13.6. The average Bonchev–Trinajstić information content (AvgIpc) is 3.08. The van der Waals surface area contributed by atoms with Crippen molar-refractivity contribution in [3.05, 3.63) is 22.6 Å². The molecule has 2 N–H and O–H groups in total. The van der Waals surface area contributed by atoms with Crippen LogP contribution in [-0.4, -0.2) is 68.9 Å². The molecule has 3 atom stereocenters. The molecule has 32 heavy (non-hydrogen) atoms. The van der Waals surface area contributed by atoms with Gasteiger partial charge in [-0.2, -0.15) is 0 Å². The van der Waals surface area contributed by atoms with Gasteiger partial charge >= 0.3 is 6.09 Å². The molecule has 3 heterocycles. The molecule has 0 radical (unpaired) electrons. The van der Waals surface area contributed by atoms with Crippen molar-refractivity contribution in [3.63, 3.8) is 0 Å². The van der Waals surface area contributed by atoms with Gasteiger partial charge in [-0.1, -0.05) is 20.8 Å². The zero-order valence-electron chi connectivity index (χ0n) is 19.8. The van der Waals surface area contributed by atoms with Crippen LogP contribution in [0.4, 0.5) is 4.79 Å². The summed E-state index contributed by atoms with van der Waals surface area (Å²) in [7, 11) is -2.09. The van der Waals surface area contributed by atoms with E-state index in [2.05, 4.69) is 59.8 Å². The van der Waals surface area contributed by atoms with E-state index in [0.717, 1.165) is 28.4 Å². The topological polar surface area (TPSA) is 101 Å². The Labute approximate surface area is 199 Å². The van der Waals surface area contributed by atoms with E-state index in [1.165, 1.54) is 4.90 Å². The predicted molar refractivity (Wildman–Crippen MR) is 130 cm³/mol. The third-order valence-corrected chi connectivity index (χ3v) is 12.3. The average molecular weight is 528 g/mol. The minimum atomic E-state index is -2.09. The number of amides is 1. The van der Waals surface area contributed by atoms with Crippen molar-refractivity contribution >= 4 is 41.5 Å². The smallest absolute Gasteiger partial charge is 0.407 e. The monoisotopic (exact) mass is 526 g/mol. The Hall–Kier alpha value is -1.49. The number of aryl methyl sites for hydroxylation is 1. The molecule has 0 spiro atoms. The molecule has 3 rings (SSSR count). The van der Waals surface area contributed by atoms with E-state index < -0.39 is 20.5 Å². The molecule has 1 unspecified atom stereocenters. The number of halogens is 1. The number of fused-ring (bicyclic) bond motifs is 1. The Kier molecular flexibility index (Phi) is 7.38. The van der Waals surface area contributed by atoms with Crippen LogP contribution >= 0.6 is 15.9 Å². The van der Waals surface area contributed by atoms with E-state index in [9.17, 15) is 15.0 Å². The maximum Gasteiger partial charge on any atom is 0.407 e. The van der Waals surface area contributed by atoms with E-state index in [1.807, 2.05) is 11.5 Å². The van der Waals surface area contributed by atoms with Crippen molar-refractivity contribution in [3.8, 4) is 0 Å². The summed E-state index contributed by atoms with van der Waals surface area (Å²) >= 11 is 3.47. The van der Waals surface area contributed by atoms with Gasteiger partial charge < -0.3 is 24.1 Å². The minimum absolute atomic E-state index is 0.0230. The molecule has 0 bridgehead atoms. The maximum absolute atomic E-state index is 12.0. The van der Waals surface area contributed by atoms with Crippen LogP contribution in [0.1, 0.15) is 45.6 Å². The van der Waals surface area contributed by atoms with Crippen molar-refractivity contribution < 1.29 is 19.4 Å². The molecule has 8 nitrogen and oxygen atoms in total. The molecule has 1 saturated heterocycles. The summed E-state index contributed by atoms with van der Waals surface area (Å²) in [5, 5.41) is 20.8. The largest absolute Gasteiger partial charge is 0.465 e. The number of carbonyl (C=O) groups is 1. The maximum atomic E-state index is 12.0. The minimum Gasteiger partial charge on any atom is -0.465 e. The van der Waals surface area contributed by atoms with Gasteiger partial charge in [-0.15, -0.1) is 0 Å². The molecule has 10 heteroatoms. The number of aliphatic hydroxyl groups excluding tert-OH is 1. The zero-order chi connectivity index (χ0) is 23.8. The Balaban J connectivity index is 1.80. The number of aromatic nitrogens is 3. The van der Waals surface area contributed by atoms with Crippen LogP contribution in [0.5, 0.6) is 0 Å². The molecule has 1 aliphatic rings. The van der Waals surface area contributed by atoms with Gasteiger partial charge in [-0.05, 0) is 65.8 Å². The summed E-state index contributed by atoms with van der Waals surface area (Å²) < 4.78 is 9.38. The van der Waals surface area contributed by atoms with Crippen molar-refractivity contribution in [1.82, 2.24) is 19.4 Å². The standard InChI is InChI=1S/C22H35BrN4O4Si/c1-14-16(23)11-24-20-19(14)25-13-26(20)12-15(28)10-17-18(8-7-9-27(17)21(29)30)31-32(5,6)22(2,3)4/h11,13,15,17-18,28H,7-10,12H2,1-6H3,(H,29,30)/t15?,17-,18+/m1/s1. The summed E-state index contributed by atoms with van der Waals surface area (Å²) in [5.74, 6) is 0. The van der Waals surface area contributed by atoms with Crippen LogP contribution < -0.4 is 0 Å². The van der Waals surface area contributed by atoms with Gasteiger partial charge in [0, 0.05) is 17.2 Å². The van der Waals surface area contributed by atoms with Gasteiger partial charge in [0.25, 0.3) is 0 Å². The highest BCUT2D eigenvalue weighted by Crippen LogP contribution is 2.39. The van der Waals surface area contributed by atoms with Gasteiger partial charge in [-0.25, -0.2) is 14.8 Å². The number of nitrogens with zero attached hydrogens (tertiary/aromatic N) is 4. The summed E-state index contributed by atoms with van der Waals surface area (Å²) in [4.78, 5) is 22.3. The summed E-state index contributed by atoms with van der Waals surface area (Å²) in [6, 6.07) is -0.385. The van der Waals surface area contributed by atoms with Crippen molar-refractivity contribution in [2.45, 2.75) is 89.9 Å². The Morgan fingerprint density at radius 3 is 2.69 bits per heavy atom. The van der Waals surface area contributed by atoms with Crippen LogP contribution in [0.3, 0.4) is 0 Å². The van der Waals surface area contributed by atoms with Crippen molar-refractivity contribution in [2.75, 3.05) is 6.54 Å². The Bertz CT molecular complexity index is 975. The molecular formula is C22H35BrN4O4Si. The Morgan fingerprint density at radius 1 is 1.38 bits per heavy atom. The molecule has 178 valence electrons. The number of piperidine rings is 1. The number of carboxylic acid groups (broad SMARTS) is 1. The number of likely N-dealkylation sites (tertiary alicyclic amines) is 1. The van der Waals surface area contributed by atoms with E-state index in [4.69, 9.17) is 4.43 Å². The first-order valence-electron chi connectivity index (χ1n) is 11.1. The highest BCUT2D eigenvalue weighted by Gasteiger charge is 2.44. The lowest BCUT2D eigenvalue weighted by Gasteiger charge is -2.46. The molecular weight excluding hydrogens is 492 g/mol. The fourth-order valence-electron chi connectivity index (χ4n) is 4.05. The van der Waals surface area contributed by atoms with Crippen molar-refractivity contribution in [2.24, 2.45) is 0 Å². The number of aliphatic hydroxyl groups is 1. The quantitative estimate of drug-likeness (QED) is 0.525. The van der Waals surface area contributed by atoms with Gasteiger partial charge in [0.15, 0.2) is 14.0 Å².